The predicted molar refractivity (Wildman–Crippen MR) is 63.6 cm³/mol. The van der Waals surface area contributed by atoms with Crippen molar-refractivity contribution < 1.29 is 23.1 Å². The molecule has 0 spiro atoms. The Morgan fingerprint density at radius 2 is 2.11 bits per heavy atom. The molecule has 9 heteroatoms. The van der Waals surface area contributed by atoms with Crippen LogP contribution < -0.4 is 10.0 Å². The molecular formula is C9H17N3O5S. The van der Waals surface area contributed by atoms with Crippen LogP contribution in [0.15, 0.2) is 0 Å². The number of carbonyl (C=O) groups excluding carboxylic acids is 1. The maximum absolute atomic E-state index is 11.7. The monoisotopic (exact) mass is 279 g/mol. The third kappa shape index (κ3) is 3.84. The Morgan fingerprint density at radius 3 is 2.67 bits per heavy atom. The Bertz CT molecular complexity index is 422. The van der Waals surface area contributed by atoms with Gasteiger partial charge in [0.1, 0.15) is 6.04 Å². The molecule has 0 aromatic carbocycles. The summed E-state index contributed by atoms with van der Waals surface area (Å²) < 4.78 is 24.3. The van der Waals surface area contributed by atoms with Gasteiger partial charge in [-0.05, 0) is 19.9 Å². The fraction of sp³-hybridized carbons (Fsp3) is 0.778. The van der Waals surface area contributed by atoms with Crippen molar-refractivity contribution in [1.29, 1.82) is 0 Å². The van der Waals surface area contributed by atoms with E-state index in [4.69, 9.17) is 5.11 Å². The van der Waals surface area contributed by atoms with Crippen LogP contribution in [-0.4, -0.2) is 62.4 Å². The first-order chi connectivity index (χ1) is 8.37. The zero-order chi connectivity index (χ0) is 13.8. The third-order valence-corrected chi connectivity index (χ3v) is 4.12. The summed E-state index contributed by atoms with van der Waals surface area (Å²) in [4.78, 5) is 23.8. The van der Waals surface area contributed by atoms with Crippen molar-refractivity contribution in [1.82, 2.24) is 14.9 Å². The minimum Gasteiger partial charge on any atom is -0.480 e. The van der Waals surface area contributed by atoms with Crippen molar-refractivity contribution in [2.45, 2.75) is 18.9 Å². The lowest BCUT2D eigenvalue weighted by Gasteiger charge is -2.21. The van der Waals surface area contributed by atoms with Crippen LogP contribution in [-0.2, 0) is 14.8 Å². The lowest BCUT2D eigenvalue weighted by atomic mass is 10.2. The second kappa shape index (κ2) is 6.01. The number of urea groups is 1. The zero-order valence-corrected chi connectivity index (χ0v) is 10.9. The van der Waals surface area contributed by atoms with Crippen molar-refractivity contribution in [3.05, 3.63) is 0 Å². The Morgan fingerprint density at radius 1 is 1.44 bits per heavy atom. The van der Waals surface area contributed by atoms with E-state index in [1.807, 2.05) is 0 Å². The number of hydrogen-bond acceptors (Lipinski definition) is 4. The Hall–Kier alpha value is -1.35. The van der Waals surface area contributed by atoms with E-state index >= 15 is 0 Å². The molecule has 8 nitrogen and oxygen atoms in total. The highest BCUT2D eigenvalue weighted by atomic mass is 32.2. The van der Waals surface area contributed by atoms with Crippen molar-refractivity contribution >= 4 is 22.0 Å². The molecule has 3 N–H and O–H groups in total. The first kappa shape index (κ1) is 14.7. The lowest BCUT2D eigenvalue weighted by Crippen LogP contribution is -2.47. The fourth-order valence-corrected chi connectivity index (χ4v) is 2.34. The summed E-state index contributed by atoms with van der Waals surface area (Å²) in [6.07, 6.45) is 1.07. The van der Waals surface area contributed by atoms with E-state index in [-0.39, 0.29) is 12.3 Å². The van der Waals surface area contributed by atoms with Crippen LogP contribution in [0.5, 0.6) is 0 Å². The normalized spacial score (nSPS) is 19.8. The van der Waals surface area contributed by atoms with Crippen LogP contribution in [0, 0.1) is 0 Å². The molecule has 0 bridgehead atoms. The zero-order valence-electron chi connectivity index (χ0n) is 10.0. The van der Waals surface area contributed by atoms with Gasteiger partial charge in [0.05, 0.1) is 5.75 Å². The molecule has 1 aliphatic rings. The standard InChI is InChI=1S/C9H17N3O5S/c1-10-18(16,17)6-4-11-9(15)12-5-2-3-7(12)8(13)14/h7,10H,2-6H2,1H3,(H,11,15)(H,13,14)/t7-/m0/s1. The van der Waals surface area contributed by atoms with Gasteiger partial charge in [0.2, 0.25) is 10.0 Å². The molecule has 1 fully saturated rings. The maximum Gasteiger partial charge on any atom is 0.326 e. The van der Waals surface area contributed by atoms with Crippen molar-refractivity contribution in [2.75, 3.05) is 25.9 Å². The smallest absolute Gasteiger partial charge is 0.326 e. The average Bonchev–Trinajstić information content (AvgIpc) is 2.77. The highest BCUT2D eigenvalue weighted by molar-refractivity contribution is 7.89. The van der Waals surface area contributed by atoms with Gasteiger partial charge in [-0.2, -0.15) is 0 Å². The van der Waals surface area contributed by atoms with Crippen LogP contribution in [0.3, 0.4) is 0 Å². The number of hydrogen-bond donors (Lipinski definition) is 3. The Kier molecular flexibility index (Phi) is 4.91. The first-order valence-electron chi connectivity index (χ1n) is 5.56. The highest BCUT2D eigenvalue weighted by Crippen LogP contribution is 2.16. The second-order valence-electron chi connectivity index (χ2n) is 3.94. The van der Waals surface area contributed by atoms with Crippen LogP contribution in [0.1, 0.15) is 12.8 Å². The van der Waals surface area contributed by atoms with Gasteiger partial charge >= 0.3 is 12.0 Å². The van der Waals surface area contributed by atoms with E-state index in [0.717, 1.165) is 0 Å². The summed E-state index contributed by atoms with van der Waals surface area (Å²) in [6, 6.07) is -1.35. The summed E-state index contributed by atoms with van der Waals surface area (Å²) in [7, 11) is -2.08. The summed E-state index contributed by atoms with van der Waals surface area (Å²) in [5, 5.41) is 11.3. The van der Waals surface area contributed by atoms with E-state index in [0.29, 0.717) is 19.4 Å². The molecule has 1 aliphatic heterocycles. The fourth-order valence-electron chi connectivity index (χ4n) is 1.76. The molecular weight excluding hydrogens is 262 g/mol. The number of amides is 2. The van der Waals surface area contributed by atoms with Gasteiger partial charge in [-0.1, -0.05) is 0 Å². The Labute approximate surface area is 105 Å². The number of carboxylic acids is 1. The lowest BCUT2D eigenvalue weighted by molar-refractivity contribution is -0.141. The molecule has 1 rings (SSSR count). The molecule has 0 aromatic heterocycles. The van der Waals surface area contributed by atoms with Crippen molar-refractivity contribution in [3.8, 4) is 0 Å². The van der Waals surface area contributed by atoms with Gasteiger partial charge in [0.25, 0.3) is 0 Å². The number of aliphatic carboxylic acids is 1. The number of carboxylic acid groups (broad SMARTS) is 1. The molecule has 2 amide bonds. The number of nitrogens with zero attached hydrogens (tertiary/aromatic N) is 1. The molecule has 0 aliphatic carbocycles. The first-order valence-corrected chi connectivity index (χ1v) is 7.21. The van der Waals surface area contributed by atoms with Crippen molar-refractivity contribution in [3.63, 3.8) is 0 Å². The summed E-state index contributed by atoms with van der Waals surface area (Å²) in [6.45, 7) is 0.326. The molecule has 1 heterocycles. The van der Waals surface area contributed by atoms with Gasteiger partial charge in [-0.3, -0.25) is 0 Å². The minimum absolute atomic E-state index is 0.0507. The summed E-state index contributed by atoms with van der Waals surface area (Å²) in [5.74, 6) is -1.27. The van der Waals surface area contributed by atoms with Crippen molar-refractivity contribution in [2.24, 2.45) is 0 Å². The number of likely N-dealkylation sites (tertiary alicyclic amines) is 1. The number of rotatable bonds is 5. The van der Waals surface area contributed by atoms with E-state index in [9.17, 15) is 18.0 Å². The number of sulfonamides is 1. The molecule has 0 radical (unpaired) electrons. The molecule has 104 valence electrons. The molecule has 1 saturated heterocycles. The molecule has 0 saturated carbocycles. The van der Waals surface area contributed by atoms with Crippen LogP contribution >= 0.6 is 0 Å². The largest absolute Gasteiger partial charge is 0.480 e. The Balaban J connectivity index is 2.44. The van der Waals surface area contributed by atoms with E-state index in [2.05, 4.69) is 10.0 Å². The van der Waals surface area contributed by atoms with Gasteiger partial charge in [-0.25, -0.2) is 22.7 Å². The highest BCUT2D eigenvalue weighted by Gasteiger charge is 2.33. The quantitative estimate of drug-likeness (QED) is 0.584. The van der Waals surface area contributed by atoms with Gasteiger partial charge in [0, 0.05) is 13.1 Å². The summed E-state index contributed by atoms with van der Waals surface area (Å²) >= 11 is 0. The third-order valence-electron chi connectivity index (χ3n) is 2.76. The van der Waals surface area contributed by atoms with Gasteiger partial charge in [0.15, 0.2) is 0 Å². The van der Waals surface area contributed by atoms with Crippen LogP contribution in [0.25, 0.3) is 0 Å². The van der Waals surface area contributed by atoms with Gasteiger partial charge < -0.3 is 15.3 Å². The number of nitrogens with one attached hydrogen (secondary N) is 2. The second-order valence-corrected chi connectivity index (χ2v) is 5.99. The predicted octanol–water partition coefficient (Wildman–Crippen LogP) is -1.21. The maximum atomic E-state index is 11.7. The molecule has 18 heavy (non-hydrogen) atoms. The molecule has 0 unspecified atom stereocenters. The SMILES string of the molecule is CNS(=O)(=O)CCNC(=O)N1CCC[C@H]1C(=O)O. The van der Waals surface area contributed by atoms with Crippen LogP contribution in [0.4, 0.5) is 4.79 Å². The molecule has 1 atom stereocenters. The van der Waals surface area contributed by atoms with Crippen LogP contribution in [0.2, 0.25) is 0 Å². The molecule has 0 aromatic rings. The van der Waals surface area contributed by atoms with Gasteiger partial charge in [-0.15, -0.1) is 0 Å². The summed E-state index contributed by atoms with van der Waals surface area (Å²) in [5.41, 5.74) is 0. The van der Waals surface area contributed by atoms with E-state index < -0.39 is 28.1 Å². The minimum atomic E-state index is -3.37. The van der Waals surface area contributed by atoms with E-state index in [1.165, 1.54) is 11.9 Å². The topological polar surface area (TPSA) is 116 Å². The van der Waals surface area contributed by atoms with E-state index in [1.54, 1.807) is 0 Å². The number of carbonyl (C=O) groups is 2. The average molecular weight is 279 g/mol.